The lowest BCUT2D eigenvalue weighted by Gasteiger charge is -2.32. The van der Waals surface area contributed by atoms with Crippen molar-refractivity contribution < 1.29 is 36.9 Å². The monoisotopic (exact) mass is 710 g/mol. The van der Waals surface area contributed by atoms with Gasteiger partial charge in [-0.2, -0.15) is 13.2 Å². The molecular formula is C37H45F3N6O5. The van der Waals surface area contributed by atoms with Crippen LogP contribution in [-0.4, -0.2) is 117 Å². The van der Waals surface area contributed by atoms with Crippen LogP contribution in [-0.2, 0) is 16.7 Å². The van der Waals surface area contributed by atoms with E-state index < -0.39 is 12.8 Å². The first-order valence-electron chi connectivity index (χ1n) is 17.2. The molecule has 4 aromatic rings. The fourth-order valence-electron chi connectivity index (χ4n) is 7.29. The number of alkyl halides is 3. The molecule has 1 atom stereocenters. The number of methoxy groups -OCH3 is 3. The summed E-state index contributed by atoms with van der Waals surface area (Å²) >= 11 is 0. The maximum absolute atomic E-state index is 13.9. The van der Waals surface area contributed by atoms with Crippen molar-refractivity contribution in [3.05, 3.63) is 72.1 Å². The number of rotatable bonds is 13. The summed E-state index contributed by atoms with van der Waals surface area (Å²) in [5, 5.41) is 0. The number of hydrogen-bond acceptors (Lipinski definition) is 9. The zero-order valence-corrected chi connectivity index (χ0v) is 29.3. The fraction of sp³-hybridized carbons (Fsp3) is 0.486. The molecule has 2 aliphatic heterocycles. The Labute approximate surface area is 295 Å². The highest BCUT2D eigenvalue weighted by atomic mass is 19.4. The molecule has 0 bridgehead atoms. The zero-order valence-electron chi connectivity index (χ0n) is 29.3. The van der Waals surface area contributed by atoms with Gasteiger partial charge in [-0.05, 0) is 68.8 Å². The van der Waals surface area contributed by atoms with E-state index in [9.17, 15) is 18.0 Å². The van der Waals surface area contributed by atoms with Gasteiger partial charge in [-0.15, -0.1) is 0 Å². The van der Waals surface area contributed by atoms with Gasteiger partial charge in [0, 0.05) is 62.1 Å². The van der Waals surface area contributed by atoms with E-state index in [1.165, 1.54) is 21.3 Å². The van der Waals surface area contributed by atoms with E-state index in [1.54, 1.807) is 12.1 Å². The van der Waals surface area contributed by atoms with Crippen LogP contribution in [0.2, 0.25) is 0 Å². The Kier molecular flexibility index (Phi) is 11.2. The SMILES string of the molecule is COc1cc(C(=O)N2CCC(CCN3CCCN(c4nc5ccccc5n4CCOCC(F)(F)F)CC3)(c3ccccn3)C2)cc(OC)c1OC. The van der Waals surface area contributed by atoms with Gasteiger partial charge in [-0.1, -0.05) is 18.2 Å². The number of carbonyl (C=O) groups is 1. The van der Waals surface area contributed by atoms with Crippen LogP contribution in [0.25, 0.3) is 11.0 Å². The van der Waals surface area contributed by atoms with Crippen molar-refractivity contribution in [2.75, 3.05) is 85.3 Å². The smallest absolute Gasteiger partial charge is 0.411 e. The molecule has 0 saturated carbocycles. The molecule has 0 aliphatic carbocycles. The Morgan fingerprint density at radius 3 is 2.37 bits per heavy atom. The highest BCUT2D eigenvalue weighted by molar-refractivity contribution is 5.96. The highest BCUT2D eigenvalue weighted by Gasteiger charge is 2.43. The molecule has 0 radical (unpaired) electrons. The van der Waals surface area contributed by atoms with Crippen LogP contribution < -0.4 is 19.1 Å². The molecule has 274 valence electrons. The van der Waals surface area contributed by atoms with Gasteiger partial charge >= 0.3 is 6.18 Å². The second-order valence-electron chi connectivity index (χ2n) is 13.0. The number of hydrogen-bond donors (Lipinski definition) is 0. The van der Waals surface area contributed by atoms with E-state index in [0.29, 0.717) is 35.9 Å². The van der Waals surface area contributed by atoms with Crippen LogP contribution in [0.15, 0.2) is 60.8 Å². The van der Waals surface area contributed by atoms with E-state index in [-0.39, 0.29) is 24.5 Å². The molecule has 0 N–H and O–H groups in total. The van der Waals surface area contributed by atoms with E-state index >= 15 is 0 Å². The van der Waals surface area contributed by atoms with E-state index in [0.717, 1.165) is 74.7 Å². The van der Waals surface area contributed by atoms with Crippen LogP contribution in [0.4, 0.5) is 19.1 Å². The van der Waals surface area contributed by atoms with E-state index in [1.807, 2.05) is 52.1 Å². The van der Waals surface area contributed by atoms with Gasteiger partial charge in [0.15, 0.2) is 11.5 Å². The first kappa shape index (κ1) is 36.2. The lowest BCUT2D eigenvalue weighted by atomic mass is 9.79. The summed E-state index contributed by atoms with van der Waals surface area (Å²) in [6, 6.07) is 17.0. The zero-order chi connectivity index (χ0) is 36.0. The fourth-order valence-corrected chi connectivity index (χ4v) is 7.29. The molecule has 2 fully saturated rings. The standard InChI is InChI=1S/C37H45F3N6O5/c1-48-30-23-27(24-31(49-2)33(30)50-3)34(47)45-18-13-36(25-45,32-11-6-7-14-41-32)12-17-43-15-8-16-44(20-19-43)35-42-28-9-4-5-10-29(28)46(35)21-22-51-26-37(38,39)40/h4-7,9-11,14,23-24H,8,12-13,15-22,25-26H2,1-3H3. The number of pyridine rings is 1. The predicted molar refractivity (Wildman–Crippen MR) is 187 cm³/mol. The average molecular weight is 711 g/mol. The summed E-state index contributed by atoms with van der Waals surface area (Å²) in [5.74, 6) is 1.93. The third-order valence-corrected chi connectivity index (χ3v) is 9.90. The molecule has 2 aromatic heterocycles. The topological polar surface area (TPSA) is 94.4 Å². The predicted octanol–water partition coefficient (Wildman–Crippen LogP) is 5.42. The average Bonchev–Trinajstić information content (AvgIpc) is 3.66. The van der Waals surface area contributed by atoms with Gasteiger partial charge in [0.05, 0.1) is 39.0 Å². The molecule has 1 amide bonds. The largest absolute Gasteiger partial charge is 0.493 e. The summed E-state index contributed by atoms with van der Waals surface area (Å²) in [7, 11) is 4.59. The molecule has 2 saturated heterocycles. The number of benzene rings is 2. The van der Waals surface area contributed by atoms with Gasteiger partial charge < -0.3 is 38.2 Å². The number of nitrogens with zero attached hydrogens (tertiary/aromatic N) is 6. The van der Waals surface area contributed by atoms with Crippen molar-refractivity contribution in [1.82, 2.24) is 24.3 Å². The van der Waals surface area contributed by atoms with Crippen molar-refractivity contribution in [2.24, 2.45) is 0 Å². The number of anilines is 1. The number of fused-ring (bicyclic) bond motifs is 1. The Balaban J connectivity index is 1.15. The second-order valence-corrected chi connectivity index (χ2v) is 13.0. The van der Waals surface area contributed by atoms with Crippen LogP contribution in [0, 0.1) is 0 Å². The van der Waals surface area contributed by atoms with Crippen LogP contribution in [0.5, 0.6) is 17.2 Å². The molecule has 51 heavy (non-hydrogen) atoms. The van der Waals surface area contributed by atoms with Crippen molar-refractivity contribution in [2.45, 2.75) is 37.4 Å². The van der Waals surface area contributed by atoms with Gasteiger partial charge in [0.1, 0.15) is 6.61 Å². The molecule has 2 aliphatic rings. The van der Waals surface area contributed by atoms with Crippen molar-refractivity contribution in [3.8, 4) is 17.2 Å². The van der Waals surface area contributed by atoms with Crippen LogP contribution in [0.1, 0.15) is 35.3 Å². The first-order valence-corrected chi connectivity index (χ1v) is 17.2. The normalized spacial score (nSPS) is 18.6. The molecule has 4 heterocycles. The molecule has 1 unspecified atom stereocenters. The highest BCUT2D eigenvalue weighted by Crippen LogP contribution is 2.41. The molecule has 0 spiro atoms. The number of amides is 1. The minimum Gasteiger partial charge on any atom is -0.493 e. The van der Waals surface area contributed by atoms with Crippen molar-refractivity contribution in [3.63, 3.8) is 0 Å². The maximum atomic E-state index is 13.9. The molecule has 2 aromatic carbocycles. The first-order chi connectivity index (χ1) is 24.6. The molecule has 11 nitrogen and oxygen atoms in total. The Bertz CT molecular complexity index is 1760. The minimum atomic E-state index is -4.37. The minimum absolute atomic E-state index is 0.0679. The lowest BCUT2D eigenvalue weighted by Crippen LogP contribution is -2.39. The van der Waals surface area contributed by atoms with Gasteiger partial charge in [-0.25, -0.2) is 4.98 Å². The number of imidazole rings is 1. The number of carbonyl (C=O) groups excluding carboxylic acids is 1. The number of ether oxygens (including phenoxy) is 4. The second kappa shape index (κ2) is 15.8. The Hall–Kier alpha value is -4.56. The molecule has 6 rings (SSSR count). The number of likely N-dealkylation sites (tertiary alicyclic amines) is 1. The number of para-hydroxylation sites is 2. The van der Waals surface area contributed by atoms with E-state index in [4.69, 9.17) is 28.9 Å². The van der Waals surface area contributed by atoms with Crippen molar-refractivity contribution in [1.29, 1.82) is 0 Å². The maximum Gasteiger partial charge on any atom is 0.411 e. The Morgan fingerprint density at radius 2 is 1.67 bits per heavy atom. The number of halogens is 3. The van der Waals surface area contributed by atoms with Crippen molar-refractivity contribution >= 4 is 22.9 Å². The third kappa shape index (κ3) is 8.17. The van der Waals surface area contributed by atoms with Gasteiger partial charge in [0.2, 0.25) is 11.7 Å². The summed E-state index contributed by atoms with van der Waals surface area (Å²) < 4.78 is 61.6. The third-order valence-electron chi connectivity index (χ3n) is 9.90. The lowest BCUT2D eigenvalue weighted by molar-refractivity contribution is -0.174. The summed E-state index contributed by atoms with van der Waals surface area (Å²) in [6.45, 7) is 4.02. The summed E-state index contributed by atoms with van der Waals surface area (Å²) in [6.07, 6.45) is -0.0615. The summed E-state index contributed by atoms with van der Waals surface area (Å²) in [4.78, 5) is 30.2. The number of aromatic nitrogens is 3. The molecule has 14 heteroatoms. The van der Waals surface area contributed by atoms with E-state index in [2.05, 4.69) is 15.9 Å². The Morgan fingerprint density at radius 1 is 0.902 bits per heavy atom. The van der Waals surface area contributed by atoms with Crippen LogP contribution in [0.3, 0.4) is 0 Å². The quantitative estimate of drug-likeness (QED) is 0.169. The summed E-state index contributed by atoms with van der Waals surface area (Å²) in [5.41, 5.74) is 2.78. The van der Waals surface area contributed by atoms with Gasteiger partial charge in [-0.3, -0.25) is 9.78 Å². The van der Waals surface area contributed by atoms with Crippen LogP contribution >= 0.6 is 0 Å². The van der Waals surface area contributed by atoms with Gasteiger partial charge in [0.25, 0.3) is 5.91 Å². The molecular weight excluding hydrogens is 665 g/mol.